The number of thiocarbonyl (C=S) groups is 1. The summed E-state index contributed by atoms with van der Waals surface area (Å²) >= 11 is 4.90. The van der Waals surface area contributed by atoms with Gasteiger partial charge in [-0.2, -0.15) is 0 Å². The fourth-order valence-electron chi connectivity index (χ4n) is 1.46. The third-order valence-electron chi connectivity index (χ3n) is 2.48. The number of anilines is 1. The first-order valence-corrected chi connectivity index (χ1v) is 5.97. The summed E-state index contributed by atoms with van der Waals surface area (Å²) in [4.78, 5) is 8.87. The van der Waals surface area contributed by atoms with Gasteiger partial charge in [-0.1, -0.05) is 12.2 Å². The molecule has 1 aromatic carbocycles. The number of hydrogen-bond acceptors (Lipinski definition) is 4. The highest BCUT2D eigenvalue weighted by atomic mass is 32.1. The first-order chi connectivity index (χ1) is 8.65. The Morgan fingerprint density at radius 1 is 1.22 bits per heavy atom. The van der Waals surface area contributed by atoms with E-state index >= 15 is 0 Å². The number of hydrogen-bond donors (Lipinski definition) is 2. The molecule has 1 heterocycles. The minimum absolute atomic E-state index is 0.408. The highest BCUT2D eigenvalue weighted by Crippen LogP contribution is 2.10. The van der Waals surface area contributed by atoms with E-state index in [4.69, 9.17) is 18.0 Å². The fraction of sp³-hybridized carbons (Fsp3) is 0.154. The van der Waals surface area contributed by atoms with Gasteiger partial charge in [-0.15, -0.1) is 0 Å². The summed E-state index contributed by atoms with van der Waals surface area (Å²) in [6.07, 6.45) is 3.53. The second-order valence-electron chi connectivity index (χ2n) is 3.94. The van der Waals surface area contributed by atoms with Crippen molar-refractivity contribution >= 4 is 22.9 Å². The Hall–Kier alpha value is -2.01. The number of benzene rings is 1. The molecule has 2 aromatic rings. The van der Waals surface area contributed by atoms with Crippen LogP contribution >= 0.6 is 12.2 Å². The lowest BCUT2D eigenvalue weighted by Gasteiger charge is -2.06. The van der Waals surface area contributed by atoms with Crippen molar-refractivity contribution in [2.45, 2.75) is 13.5 Å². The Morgan fingerprint density at radius 3 is 2.50 bits per heavy atom. The summed E-state index contributed by atoms with van der Waals surface area (Å²) in [7, 11) is 0. The first-order valence-electron chi connectivity index (χ1n) is 5.56. The van der Waals surface area contributed by atoms with Gasteiger partial charge in [0.25, 0.3) is 0 Å². The molecule has 0 amide bonds. The molecule has 0 atom stereocenters. The summed E-state index contributed by atoms with van der Waals surface area (Å²) in [5.74, 6) is 0. The van der Waals surface area contributed by atoms with Crippen LogP contribution in [0.15, 0.2) is 36.7 Å². The minimum atomic E-state index is 0.408. The fourth-order valence-corrected chi connectivity index (χ4v) is 1.59. The van der Waals surface area contributed by atoms with E-state index in [9.17, 15) is 0 Å². The van der Waals surface area contributed by atoms with Gasteiger partial charge in [-0.25, -0.2) is 0 Å². The van der Waals surface area contributed by atoms with Crippen molar-refractivity contribution in [3.05, 3.63) is 53.6 Å². The predicted octanol–water partition coefficient (Wildman–Crippen LogP) is 2.03. The van der Waals surface area contributed by atoms with Crippen LogP contribution < -0.4 is 11.1 Å². The monoisotopic (exact) mass is 258 g/mol. The van der Waals surface area contributed by atoms with Crippen molar-refractivity contribution in [1.82, 2.24) is 9.97 Å². The van der Waals surface area contributed by atoms with Gasteiger partial charge in [0.1, 0.15) is 4.99 Å². The summed E-state index contributed by atoms with van der Waals surface area (Å²) < 4.78 is 0. The van der Waals surface area contributed by atoms with Crippen LogP contribution in [0.25, 0.3) is 0 Å². The lowest BCUT2D eigenvalue weighted by Crippen LogP contribution is -2.09. The molecule has 5 heteroatoms. The largest absolute Gasteiger partial charge is 0.389 e. The third-order valence-corrected chi connectivity index (χ3v) is 2.71. The number of nitrogens with two attached hydrogens (primary N) is 1. The van der Waals surface area contributed by atoms with E-state index in [0.717, 1.165) is 22.6 Å². The minimum Gasteiger partial charge on any atom is -0.389 e. The van der Waals surface area contributed by atoms with Gasteiger partial charge in [0, 0.05) is 17.4 Å². The molecular weight excluding hydrogens is 244 g/mol. The molecule has 0 spiro atoms. The van der Waals surface area contributed by atoms with Crippen LogP contribution in [0.4, 0.5) is 5.69 Å². The average molecular weight is 258 g/mol. The highest BCUT2D eigenvalue weighted by Gasteiger charge is 1.98. The van der Waals surface area contributed by atoms with E-state index < -0.39 is 0 Å². The van der Waals surface area contributed by atoms with Crippen LogP contribution in [-0.2, 0) is 6.54 Å². The van der Waals surface area contributed by atoms with Crippen LogP contribution in [0.1, 0.15) is 17.0 Å². The van der Waals surface area contributed by atoms with E-state index in [0.29, 0.717) is 11.5 Å². The summed E-state index contributed by atoms with van der Waals surface area (Å²) in [6.45, 7) is 2.55. The molecule has 0 aliphatic heterocycles. The normalized spacial score (nSPS) is 10.1. The average Bonchev–Trinajstić information content (AvgIpc) is 2.38. The van der Waals surface area contributed by atoms with Crippen LogP contribution in [-0.4, -0.2) is 15.0 Å². The Labute approximate surface area is 111 Å². The maximum Gasteiger partial charge on any atom is 0.103 e. The number of aryl methyl sites for hydroxylation is 1. The molecule has 0 unspecified atom stereocenters. The quantitative estimate of drug-likeness (QED) is 0.822. The van der Waals surface area contributed by atoms with Gasteiger partial charge in [0.05, 0.1) is 24.1 Å². The van der Waals surface area contributed by atoms with Crippen LogP contribution in [0, 0.1) is 6.92 Å². The molecule has 2 rings (SSSR count). The molecule has 0 aliphatic carbocycles. The summed E-state index contributed by atoms with van der Waals surface area (Å²) in [6, 6.07) is 7.67. The number of nitrogens with zero attached hydrogens (tertiary/aromatic N) is 2. The van der Waals surface area contributed by atoms with E-state index in [2.05, 4.69) is 15.3 Å². The third kappa shape index (κ3) is 3.24. The van der Waals surface area contributed by atoms with E-state index in [1.165, 1.54) is 0 Å². The molecule has 3 N–H and O–H groups in total. The maximum atomic E-state index is 5.54. The van der Waals surface area contributed by atoms with Crippen molar-refractivity contribution in [2.24, 2.45) is 5.73 Å². The van der Waals surface area contributed by atoms with Crippen molar-refractivity contribution in [3.8, 4) is 0 Å². The van der Waals surface area contributed by atoms with Crippen LogP contribution in [0.5, 0.6) is 0 Å². The zero-order valence-electron chi connectivity index (χ0n) is 10.1. The Morgan fingerprint density at radius 2 is 1.94 bits per heavy atom. The van der Waals surface area contributed by atoms with Crippen molar-refractivity contribution < 1.29 is 0 Å². The zero-order valence-corrected chi connectivity index (χ0v) is 10.9. The second kappa shape index (κ2) is 5.55. The van der Waals surface area contributed by atoms with Gasteiger partial charge in [0.15, 0.2) is 0 Å². The van der Waals surface area contributed by atoms with Gasteiger partial charge in [-0.05, 0) is 31.2 Å². The number of nitrogens with one attached hydrogen (secondary N) is 1. The Balaban J connectivity index is 1.97. The van der Waals surface area contributed by atoms with Gasteiger partial charge < -0.3 is 11.1 Å². The summed E-state index contributed by atoms with van der Waals surface area (Å²) in [5.41, 5.74) is 9.22. The lowest BCUT2D eigenvalue weighted by molar-refractivity contribution is 0.984. The van der Waals surface area contributed by atoms with E-state index in [1.54, 1.807) is 12.4 Å². The van der Waals surface area contributed by atoms with Gasteiger partial charge >= 0.3 is 0 Å². The predicted molar refractivity (Wildman–Crippen MR) is 76.4 cm³/mol. The molecule has 4 nitrogen and oxygen atoms in total. The molecule has 18 heavy (non-hydrogen) atoms. The Bertz CT molecular complexity index is 534. The molecule has 0 aliphatic rings. The molecule has 1 aromatic heterocycles. The lowest BCUT2D eigenvalue weighted by atomic mass is 10.2. The zero-order chi connectivity index (χ0) is 13.0. The van der Waals surface area contributed by atoms with E-state index in [-0.39, 0.29) is 0 Å². The molecule has 0 radical (unpaired) electrons. The SMILES string of the molecule is Cc1cnc(CNc2ccc(C(N)=S)cc2)cn1. The van der Waals surface area contributed by atoms with Gasteiger partial charge in [-0.3, -0.25) is 9.97 Å². The smallest absolute Gasteiger partial charge is 0.103 e. The number of aromatic nitrogens is 2. The molecule has 92 valence electrons. The van der Waals surface area contributed by atoms with Crippen LogP contribution in [0.2, 0.25) is 0 Å². The molecule has 0 fully saturated rings. The topological polar surface area (TPSA) is 63.8 Å². The maximum absolute atomic E-state index is 5.54. The standard InChI is InChI=1S/C13H14N4S/c1-9-6-16-12(7-15-9)8-17-11-4-2-10(3-5-11)13(14)18/h2-7,17H,8H2,1H3,(H2,14,18). The Kier molecular flexibility index (Phi) is 3.84. The van der Waals surface area contributed by atoms with Crippen molar-refractivity contribution in [2.75, 3.05) is 5.32 Å². The van der Waals surface area contributed by atoms with Crippen molar-refractivity contribution in [1.29, 1.82) is 0 Å². The molecular formula is C13H14N4S. The molecule has 0 bridgehead atoms. The molecule has 0 saturated carbocycles. The first kappa shape index (κ1) is 12.4. The summed E-state index contributed by atoms with van der Waals surface area (Å²) in [5, 5.41) is 3.26. The second-order valence-corrected chi connectivity index (χ2v) is 4.38. The van der Waals surface area contributed by atoms with Crippen LogP contribution in [0.3, 0.4) is 0 Å². The van der Waals surface area contributed by atoms with Crippen molar-refractivity contribution in [3.63, 3.8) is 0 Å². The molecule has 0 saturated heterocycles. The van der Waals surface area contributed by atoms with Gasteiger partial charge in [0.2, 0.25) is 0 Å². The highest BCUT2D eigenvalue weighted by molar-refractivity contribution is 7.80. The number of rotatable bonds is 4. The van der Waals surface area contributed by atoms with E-state index in [1.807, 2.05) is 31.2 Å².